The van der Waals surface area contributed by atoms with Crippen LogP contribution < -0.4 is 4.90 Å². The van der Waals surface area contributed by atoms with E-state index in [-0.39, 0.29) is 18.9 Å². The molecule has 5 heteroatoms. The number of anilines is 1. The first-order valence-electron chi connectivity index (χ1n) is 5.36. The molecular formula is C12H12FNO3. The van der Waals surface area contributed by atoms with Crippen LogP contribution in [-0.2, 0) is 9.59 Å². The maximum absolute atomic E-state index is 13.1. The van der Waals surface area contributed by atoms with Crippen molar-refractivity contribution in [3.05, 3.63) is 30.1 Å². The van der Waals surface area contributed by atoms with E-state index in [2.05, 4.69) is 0 Å². The van der Waals surface area contributed by atoms with Crippen molar-refractivity contribution in [2.75, 3.05) is 11.4 Å². The molecule has 0 aliphatic carbocycles. The Morgan fingerprint density at radius 3 is 2.88 bits per heavy atom. The van der Waals surface area contributed by atoms with Crippen molar-refractivity contribution in [2.24, 2.45) is 5.92 Å². The lowest BCUT2D eigenvalue weighted by Crippen LogP contribution is -2.42. The zero-order valence-corrected chi connectivity index (χ0v) is 9.10. The van der Waals surface area contributed by atoms with E-state index >= 15 is 0 Å². The van der Waals surface area contributed by atoms with Gasteiger partial charge in [-0.25, -0.2) is 4.39 Å². The van der Waals surface area contributed by atoms with Crippen molar-refractivity contribution in [1.29, 1.82) is 0 Å². The summed E-state index contributed by atoms with van der Waals surface area (Å²) < 4.78 is 13.1. The van der Waals surface area contributed by atoms with E-state index in [1.54, 1.807) is 6.07 Å². The van der Waals surface area contributed by atoms with Crippen LogP contribution in [0.2, 0.25) is 0 Å². The lowest BCUT2D eigenvalue weighted by atomic mass is 9.97. The predicted octanol–water partition coefficient (Wildman–Crippen LogP) is 1.65. The first kappa shape index (κ1) is 11.6. The van der Waals surface area contributed by atoms with Gasteiger partial charge in [0, 0.05) is 18.7 Å². The second-order valence-corrected chi connectivity index (χ2v) is 4.06. The number of nitrogens with zero attached hydrogens (tertiary/aromatic N) is 1. The number of carbonyl (C=O) groups excluding carboxylic acids is 1. The lowest BCUT2D eigenvalue weighted by Gasteiger charge is -2.30. The van der Waals surface area contributed by atoms with Gasteiger partial charge in [-0.15, -0.1) is 0 Å². The van der Waals surface area contributed by atoms with Gasteiger partial charge < -0.3 is 10.0 Å². The minimum absolute atomic E-state index is 0.109. The molecule has 1 amide bonds. The molecule has 1 N–H and O–H groups in total. The number of hydrogen-bond donors (Lipinski definition) is 1. The number of amides is 1. The Morgan fingerprint density at radius 1 is 1.47 bits per heavy atom. The van der Waals surface area contributed by atoms with Gasteiger partial charge >= 0.3 is 5.97 Å². The number of hydrogen-bond acceptors (Lipinski definition) is 2. The van der Waals surface area contributed by atoms with Gasteiger partial charge in [0.2, 0.25) is 5.91 Å². The molecular weight excluding hydrogens is 225 g/mol. The minimum Gasteiger partial charge on any atom is -0.481 e. The molecule has 0 aromatic heterocycles. The first-order chi connectivity index (χ1) is 8.08. The highest BCUT2D eigenvalue weighted by molar-refractivity contribution is 5.95. The van der Waals surface area contributed by atoms with Crippen LogP contribution in [0.5, 0.6) is 0 Å². The smallest absolute Gasteiger partial charge is 0.308 e. The summed E-state index contributed by atoms with van der Waals surface area (Å²) in [5.74, 6) is -2.09. The van der Waals surface area contributed by atoms with Crippen molar-refractivity contribution >= 4 is 17.6 Å². The average Bonchev–Trinajstić information content (AvgIpc) is 2.29. The summed E-state index contributed by atoms with van der Waals surface area (Å²) in [5.41, 5.74) is 0.418. The van der Waals surface area contributed by atoms with Crippen molar-refractivity contribution in [1.82, 2.24) is 0 Å². The van der Waals surface area contributed by atoms with Gasteiger partial charge in [0.05, 0.1) is 5.92 Å². The lowest BCUT2D eigenvalue weighted by molar-refractivity contribution is -0.142. The summed E-state index contributed by atoms with van der Waals surface area (Å²) in [6, 6.07) is 5.63. The van der Waals surface area contributed by atoms with Crippen LogP contribution in [0.4, 0.5) is 10.1 Å². The quantitative estimate of drug-likeness (QED) is 0.850. The van der Waals surface area contributed by atoms with E-state index in [0.29, 0.717) is 12.1 Å². The van der Waals surface area contributed by atoms with Crippen LogP contribution in [0.15, 0.2) is 24.3 Å². The molecule has 1 saturated heterocycles. The number of carboxylic acid groups (broad SMARTS) is 1. The molecule has 1 aromatic carbocycles. The number of benzene rings is 1. The van der Waals surface area contributed by atoms with Crippen LogP contribution in [0, 0.1) is 11.7 Å². The molecule has 1 aliphatic rings. The third-order valence-electron chi connectivity index (χ3n) is 2.88. The topological polar surface area (TPSA) is 57.6 Å². The zero-order chi connectivity index (χ0) is 12.4. The number of carboxylic acids is 1. The van der Waals surface area contributed by atoms with Gasteiger partial charge in [-0.05, 0) is 24.6 Å². The van der Waals surface area contributed by atoms with Gasteiger partial charge in [-0.1, -0.05) is 6.07 Å². The summed E-state index contributed by atoms with van der Waals surface area (Å²) in [7, 11) is 0. The fourth-order valence-corrected chi connectivity index (χ4v) is 1.94. The summed E-state index contributed by atoms with van der Waals surface area (Å²) in [6.07, 6.45) is 0.535. The SMILES string of the molecule is O=C(O)[C@H]1CCC(=O)N(c2cccc(F)c2)C1. The van der Waals surface area contributed by atoms with E-state index in [4.69, 9.17) is 5.11 Å². The predicted molar refractivity (Wildman–Crippen MR) is 59.1 cm³/mol. The van der Waals surface area contributed by atoms with E-state index < -0.39 is 17.7 Å². The highest BCUT2D eigenvalue weighted by Crippen LogP contribution is 2.24. The van der Waals surface area contributed by atoms with Crippen molar-refractivity contribution in [3.63, 3.8) is 0 Å². The molecule has 17 heavy (non-hydrogen) atoms. The summed E-state index contributed by atoms with van der Waals surface area (Å²) >= 11 is 0. The van der Waals surface area contributed by atoms with Crippen molar-refractivity contribution in [3.8, 4) is 0 Å². The van der Waals surface area contributed by atoms with Gasteiger partial charge in [-0.2, -0.15) is 0 Å². The van der Waals surface area contributed by atoms with Crippen LogP contribution >= 0.6 is 0 Å². The van der Waals surface area contributed by atoms with Crippen molar-refractivity contribution in [2.45, 2.75) is 12.8 Å². The number of rotatable bonds is 2. The van der Waals surface area contributed by atoms with Gasteiger partial charge in [0.25, 0.3) is 0 Å². The summed E-state index contributed by atoms with van der Waals surface area (Å²) in [4.78, 5) is 23.9. The fraction of sp³-hybridized carbons (Fsp3) is 0.333. The van der Waals surface area contributed by atoms with E-state index in [9.17, 15) is 14.0 Å². The van der Waals surface area contributed by atoms with Crippen molar-refractivity contribution < 1.29 is 19.1 Å². The highest BCUT2D eigenvalue weighted by atomic mass is 19.1. The first-order valence-corrected chi connectivity index (χ1v) is 5.36. The molecule has 90 valence electrons. The molecule has 1 heterocycles. The molecule has 0 bridgehead atoms. The minimum atomic E-state index is -0.918. The van der Waals surface area contributed by atoms with E-state index in [1.165, 1.54) is 23.1 Å². The Balaban J connectivity index is 2.23. The average molecular weight is 237 g/mol. The van der Waals surface area contributed by atoms with Gasteiger partial charge in [-0.3, -0.25) is 9.59 Å². The molecule has 0 radical (unpaired) electrons. The maximum Gasteiger partial charge on any atom is 0.308 e. The summed E-state index contributed by atoms with van der Waals surface area (Å²) in [5, 5.41) is 8.93. The molecule has 1 atom stereocenters. The molecule has 0 spiro atoms. The van der Waals surface area contributed by atoms with Crippen LogP contribution in [0.3, 0.4) is 0 Å². The fourth-order valence-electron chi connectivity index (χ4n) is 1.94. The Kier molecular flexibility index (Phi) is 3.08. The summed E-state index contributed by atoms with van der Waals surface area (Å²) in [6.45, 7) is 0.109. The standard InChI is InChI=1S/C12H12FNO3/c13-9-2-1-3-10(6-9)14-7-8(12(16)17)4-5-11(14)15/h1-3,6,8H,4-5,7H2,(H,16,17)/t8-/m0/s1. The number of aliphatic carboxylic acids is 1. The third-order valence-corrected chi connectivity index (χ3v) is 2.88. The Hall–Kier alpha value is -1.91. The number of piperidine rings is 1. The Morgan fingerprint density at radius 2 is 2.24 bits per heavy atom. The highest BCUT2D eigenvalue weighted by Gasteiger charge is 2.30. The monoisotopic (exact) mass is 237 g/mol. The van der Waals surface area contributed by atoms with E-state index in [1.807, 2.05) is 0 Å². The molecule has 1 fully saturated rings. The largest absolute Gasteiger partial charge is 0.481 e. The van der Waals surface area contributed by atoms with Crippen LogP contribution in [0.25, 0.3) is 0 Å². The number of carbonyl (C=O) groups is 2. The molecule has 4 nitrogen and oxygen atoms in total. The molecule has 1 aliphatic heterocycles. The van der Waals surface area contributed by atoms with Gasteiger partial charge in [0.1, 0.15) is 5.82 Å². The molecule has 1 aromatic rings. The molecule has 0 saturated carbocycles. The Bertz CT molecular complexity index is 461. The number of halogens is 1. The van der Waals surface area contributed by atoms with Crippen LogP contribution in [0.1, 0.15) is 12.8 Å². The second-order valence-electron chi connectivity index (χ2n) is 4.06. The normalized spacial score (nSPS) is 20.4. The van der Waals surface area contributed by atoms with Crippen LogP contribution in [-0.4, -0.2) is 23.5 Å². The van der Waals surface area contributed by atoms with E-state index in [0.717, 1.165) is 0 Å². The molecule has 2 rings (SSSR count). The Labute approximate surface area is 97.7 Å². The second kappa shape index (κ2) is 4.53. The maximum atomic E-state index is 13.1. The zero-order valence-electron chi connectivity index (χ0n) is 9.10. The third kappa shape index (κ3) is 2.43. The molecule has 0 unspecified atom stereocenters. The van der Waals surface area contributed by atoms with Gasteiger partial charge in [0.15, 0.2) is 0 Å².